The number of anilines is 1. The Bertz CT molecular complexity index is 610. The van der Waals surface area contributed by atoms with Crippen molar-refractivity contribution in [2.45, 2.75) is 13.3 Å². The van der Waals surface area contributed by atoms with Crippen molar-refractivity contribution >= 4 is 11.6 Å². The molecule has 0 aromatic heterocycles. The molecule has 0 atom stereocenters. The number of hydrogen-bond acceptors (Lipinski definition) is 4. The summed E-state index contributed by atoms with van der Waals surface area (Å²) in [5.74, 6) is 1.03. The number of benzene rings is 2. The predicted octanol–water partition coefficient (Wildman–Crippen LogP) is 3.20. The molecule has 5 nitrogen and oxygen atoms in total. The second kappa shape index (κ2) is 7.93. The Kier molecular flexibility index (Phi) is 5.65. The first-order valence-corrected chi connectivity index (χ1v) is 7.12. The maximum Gasteiger partial charge on any atom is 0.262 e. The molecule has 0 saturated carbocycles. The fourth-order valence-corrected chi connectivity index (χ4v) is 1.77. The van der Waals surface area contributed by atoms with Crippen LogP contribution in [0, 0.1) is 0 Å². The first-order chi connectivity index (χ1) is 10.7. The highest BCUT2D eigenvalue weighted by molar-refractivity contribution is 5.93. The number of amides is 1. The molecule has 2 aromatic rings. The van der Waals surface area contributed by atoms with E-state index in [9.17, 15) is 9.90 Å². The number of hydrogen-bond donors (Lipinski definition) is 2. The van der Waals surface area contributed by atoms with Gasteiger partial charge in [0.1, 0.15) is 17.2 Å². The van der Waals surface area contributed by atoms with E-state index in [0.29, 0.717) is 18.0 Å². The van der Waals surface area contributed by atoms with Gasteiger partial charge in [-0.1, -0.05) is 19.1 Å². The molecule has 0 fully saturated rings. The van der Waals surface area contributed by atoms with E-state index in [1.807, 2.05) is 6.92 Å². The van der Waals surface area contributed by atoms with E-state index in [-0.39, 0.29) is 18.3 Å². The highest BCUT2D eigenvalue weighted by atomic mass is 16.5. The highest BCUT2D eigenvalue weighted by Crippen LogP contribution is 2.21. The smallest absolute Gasteiger partial charge is 0.262 e. The van der Waals surface area contributed by atoms with E-state index in [4.69, 9.17) is 9.47 Å². The number of aromatic hydroxyl groups is 1. The Hall–Kier alpha value is -2.69. The van der Waals surface area contributed by atoms with Crippen molar-refractivity contribution in [1.29, 1.82) is 0 Å². The first kappa shape index (κ1) is 15.7. The van der Waals surface area contributed by atoms with Crippen LogP contribution in [-0.4, -0.2) is 24.2 Å². The summed E-state index contributed by atoms with van der Waals surface area (Å²) in [5.41, 5.74) is 0.361. The average Bonchev–Trinajstić information content (AvgIpc) is 2.54. The van der Waals surface area contributed by atoms with Gasteiger partial charge in [0.05, 0.1) is 12.3 Å². The quantitative estimate of drug-likeness (QED) is 0.771. The van der Waals surface area contributed by atoms with Gasteiger partial charge < -0.3 is 19.9 Å². The summed E-state index contributed by atoms with van der Waals surface area (Å²) in [7, 11) is 0. The van der Waals surface area contributed by atoms with Gasteiger partial charge in [-0.25, -0.2) is 0 Å². The van der Waals surface area contributed by atoms with E-state index < -0.39 is 0 Å². The van der Waals surface area contributed by atoms with Crippen molar-refractivity contribution in [3.8, 4) is 17.2 Å². The SMILES string of the molecule is CCCOc1ccc(OCC(=O)Nc2ccccc2O)cc1. The van der Waals surface area contributed by atoms with Gasteiger partial charge in [0.15, 0.2) is 6.61 Å². The second-order valence-corrected chi connectivity index (χ2v) is 4.67. The summed E-state index contributed by atoms with van der Waals surface area (Å²) >= 11 is 0. The summed E-state index contributed by atoms with van der Waals surface area (Å²) in [5, 5.41) is 12.2. The molecule has 5 heteroatoms. The maximum absolute atomic E-state index is 11.8. The van der Waals surface area contributed by atoms with Crippen LogP contribution in [0.25, 0.3) is 0 Å². The van der Waals surface area contributed by atoms with E-state index in [1.165, 1.54) is 6.07 Å². The average molecular weight is 301 g/mol. The number of nitrogens with one attached hydrogen (secondary N) is 1. The molecule has 0 heterocycles. The molecule has 116 valence electrons. The van der Waals surface area contributed by atoms with Crippen molar-refractivity contribution in [2.75, 3.05) is 18.5 Å². The number of para-hydroxylation sites is 2. The van der Waals surface area contributed by atoms with Crippen LogP contribution in [0.15, 0.2) is 48.5 Å². The van der Waals surface area contributed by atoms with Crippen molar-refractivity contribution in [2.24, 2.45) is 0 Å². The maximum atomic E-state index is 11.8. The van der Waals surface area contributed by atoms with Crippen LogP contribution in [0.2, 0.25) is 0 Å². The van der Waals surface area contributed by atoms with Gasteiger partial charge in [-0.15, -0.1) is 0 Å². The lowest BCUT2D eigenvalue weighted by Crippen LogP contribution is -2.20. The zero-order valence-electron chi connectivity index (χ0n) is 12.4. The molecule has 0 bridgehead atoms. The number of carbonyl (C=O) groups excluding carboxylic acids is 1. The lowest BCUT2D eigenvalue weighted by Gasteiger charge is -2.09. The third kappa shape index (κ3) is 4.70. The molecular weight excluding hydrogens is 282 g/mol. The van der Waals surface area contributed by atoms with Crippen LogP contribution < -0.4 is 14.8 Å². The zero-order valence-corrected chi connectivity index (χ0v) is 12.4. The standard InChI is InChI=1S/C17H19NO4/c1-2-11-21-13-7-9-14(10-8-13)22-12-17(20)18-15-5-3-4-6-16(15)19/h3-10,19H,2,11-12H2,1H3,(H,18,20). The molecule has 0 radical (unpaired) electrons. The van der Waals surface area contributed by atoms with Crippen LogP contribution >= 0.6 is 0 Å². The van der Waals surface area contributed by atoms with Gasteiger partial charge in [-0.2, -0.15) is 0 Å². The Balaban J connectivity index is 1.82. The first-order valence-electron chi connectivity index (χ1n) is 7.12. The number of carbonyl (C=O) groups is 1. The van der Waals surface area contributed by atoms with E-state index in [2.05, 4.69) is 5.32 Å². The zero-order chi connectivity index (χ0) is 15.8. The largest absolute Gasteiger partial charge is 0.506 e. The molecule has 22 heavy (non-hydrogen) atoms. The summed E-state index contributed by atoms with van der Waals surface area (Å²) in [6, 6.07) is 13.6. The lowest BCUT2D eigenvalue weighted by atomic mass is 10.3. The van der Waals surface area contributed by atoms with E-state index in [1.54, 1.807) is 42.5 Å². The minimum Gasteiger partial charge on any atom is -0.506 e. The molecular formula is C17H19NO4. The normalized spacial score (nSPS) is 10.0. The number of rotatable bonds is 7. The van der Waals surface area contributed by atoms with Crippen molar-refractivity contribution in [1.82, 2.24) is 0 Å². The minimum atomic E-state index is -0.340. The Morgan fingerprint density at radius 3 is 2.32 bits per heavy atom. The molecule has 2 aromatic carbocycles. The van der Waals surface area contributed by atoms with Gasteiger partial charge >= 0.3 is 0 Å². The van der Waals surface area contributed by atoms with Gasteiger partial charge in [-0.3, -0.25) is 4.79 Å². The highest BCUT2D eigenvalue weighted by Gasteiger charge is 2.06. The third-order valence-corrected chi connectivity index (χ3v) is 2.84. The summed E-state index contributed by atoms with van der Waals surface area (Å²) in [6.07, 6.45) is 0.949. The molecule has 2 rings (SSSR count). The topological polar surface area (TPSA) is 67.8 Å². The molecule has 0 saturated heterocycles. The predicted molar refractivity (Wildman–Crippen MR) is 84.5 cm³/mol. The fourth-order valence-electron chi connectivity index (χ4n) is 1.77. The van der Waals surface area contributed by atoms with Crippen LogP contribution in [0.5, 0.6) is 17.2 Å². The van der Waals surface area contributed by atoms with Crippen LogP contribution in [0.4, 0.5) is 5.69 Å². The van der Waals surface area contributed by atoms with Crippen LogP contribution in [0.3, 0.4) is 0 Å². The molecule has 0 aliphatic heterocycles. The molecule has 2 N–H and O–H groups in total. The van der Waals surface area contributed by atoms with E-state index in [0.717, 1.165) is 12.2 Å². The molecule has 0 aliphatic carbocycles. The Labute approximate surface area is 129 Å². The van der Waals surface area contributed by atoms with Crippen LogP contribution in [-0.2, 0) is 4.79 Å². The second-order valence-electron chi connectivity index (χ2n) is 4.67. The minimum absolute atomic E-state index is 0.0216. The Morgan fingerprint density at radius 2 is 1.68 bits per heavy atom. The van der Waals surface area contributed by atoms with Crippen molar-refractivity contribution in [3.05, 3.63) is 48.5 Å². The van der Waals surface area contributed by atoms with E-state index >= 15 is 0 Å². The van der Waals surface area contributed by atoms with Crippen molar-refractivity contribution in [3.63, 3.8) is 0 Å². The van der Waals surface area contributed by atoms with Gasteiger partial charge in [0.25, 0.3) is 5.91 Å². The molecule has 0 unspecified atom stereocenters. The molecule has 0 spiro atoms. The molecule has 0 aliphatic rings. The number of phenols is 1. The number of phenolic OH excluding ortho intramolecular Hbond substituents is 1. The monoisotopic (exact) mass is 301 g/mol. The van der Waals surface area contributed by atoms with Crippen molar-refractivity contribution < 1.29 is 19.4 Å². The Morgan fingerprint density at radius 1 is 1.05 bits per heavy atom. The van der Waals surface area contributed by atoms with Gasteiger partial charge in [0.2, 0.25) is 0 Å². The summed E-state index contributed by atoms with van der Waals surface area (Å²) in [6.45, 7) is 2.58. The molecule has 1 amide bonds. The number of ether oxygens (including phenoxy) is 2. The summed E-state index contributed by atoms with van der Waals surface area (Å²) in [4.78, 5) is 11.8. The lowest BCUT2D eigenvalue weighted by molar-refractivity contribution is -0.118. The van der Waals surface area contributed by atoms with Gasteiger partial charge in [0, 0.05) is 0 Å². The third-order valence-electron chi connectivity index (χ3n) is 2.84. The summed E-state index contributed by atoms with van der Waals surface area (Å²) < 4.78 is 10.9. The van der Waals surface area contributed by atoms with Crippen LogP contribution in [0.1, 0.15) is 13.3 Å². The fraction of sp³-hybridized carbons (Fsp3) is 0.235. The van der Waals surface area contributed by atoms with Gasteiger partial charge in [-0.05, 0) is 42.8 Å².